The number of aromatic amines is 1. The number of hydrogen-bond acceptors (Lipinski definition) is 9. The van der Waals surface area contributed by atoms with Gasteiger partial charge in [0.1, 0.15) is 17.2 Å². The summed E-state index contributed by atoms with van der Waals surface area (Å²) in [6.07, 6.45) is -6.19. The molecule has 232 valence electrons. The lowest BCUT2D eigenvalue weighted by Crippen LogP contribution is -2.47. The topological polar surface area (TPSA) is 164 Å². The second-order valence-corrected chi connectivity index (χ2v) is 11.1. The summed E-state index contributed by atoms with van der Waals surface area (Å²) in [6.45, 7) is 6.11. The third kappa shape index (κ3) is 7.20. The van der Waals surface area contributed by atoms with Gasteiger partial charge in [-0.25, -0.2) is 9.18 Å². The third-order valence-corrected chi connectivity index (χ3v) is 7.54. The number of hydrogen-bond donors (Lipinski definition) is 3. The number of rotatable bonds is 11. The average Bonchev–Trinajstić information content (AvgIpc) is 3.23. The van der Waals surface area contributed by atoms with Crippen LogP contribution in [0.25, 0.3) is 0 Å². The maximum atomic E-state index is 15.8. The Morgan fingerprint density at radius 1 is 1.19 bits per heavy atom. The zero-order chi connectivity index (χ0) is 31.5. The van der Waals surface area contributed by atoms with Gasteiger partial charge in [-0.2, -0.15) is 0 Å². The minimum absolute atomic E-state index is 0.0268. The fourth-order valence-corrected chi connectivity index (χ4v) is 5.11. The Labute approximate surface area is 255 Å². The summed E-state index contributed by atoms with van der Waals surface area (Å²) in [6, 6.07) is 0.277. The highest BCUT2D eigenvalue weighted by atomic mass is 35.5. The molecule has 2 aromatic rings. The molecule has 4 N–H and O–H groups in total. The summed E-state index contributed by atoms with van der Waals surface area (Å²) in [7, 11) is 1.34. The average molecular weight is 654 g/mol. The predicted molar refractivity (Wildman–Crippen MR) is 153 cm³/mol. The monoisotopic (exact) mass is 652 g/mol. The first kappa shape index (κ1) is 33.7. The summed E-state index contributed by atoms with van der Waals surface area (Å²) in [4.78, 5) is 52.2. The van der Waals surface area contributed by atoms with Gasteiger partial charge in [0.25, 0.3) is 11.5 Å². The van der Waals surface area contributed by atoms with E-state index in [1.54, 1.807) is 20.8 Å². The van der Waals surface area contributed by atoms with Crippen LogP contribution in [0.5, 0.6) is 11.5 Å². The zero-order valence-electron chi connectivity index (χ0n) is 23.4. The smallest absolute Gasteiger partial charge is 0.330 e. The number of esters is 1. The Balaban J connectivity index is 1.82. The molecular weight excluding hydrogens is 622 g/mol. The van der Waals surface area contributed by atoms with Gasteiger partial charge in [-0.3, -0.25) is 23.9 Å². The lowest BCUT2D eigenvalue weighted by Gasteiger charge is -2.24. The van der Waals surface area contributed by atoms with Gasteiger partial charge in [-0.05, 0) is 25.3 Å². The second-order valence-electron chi connectivity index (χ2n) is 9.88. The second kappa shape index (κ2) is 14.1. The Morgan fingerprint density at radius 2 is 1.83 bits per heavy atom. The van der Waals surface area contributed by atoms with Gasteiger partial charge in [-0.15, -0.1) is 0 Å². The molecule has 1 aliphatic heterocycles. The number of halogens is 4. The summed E-state index contributed by atoms with van der Waals surface area (Å²) in [5.74, 6) is -1.85. The maximum Gasteiger partial charge on any atom is 0.330 e. The van der Waals surface area contributed by atoms with Crippen LogP contribution in [0, 0.1) is 5.92 Å². The number of nitrogens with two attached hydrogens (primary N) is 1. The van der Waals surface area contributed by atoms with E-state index in [2.05, 4.69) is 10.3 Å². The van der Waals surface area contributed by atoms with E-state index in [4.69, 9.17) is 59.5 Å². The molecule has 16 heteroatoms. The Morgan fingerprint density at radius 3 is 2.43 bits per heavy atom. The predicted octanol–water partition coefficient (Wildman–Crippen LogP) is 2.78. The van der Waals surface area contributed by atoms with Gasteiger partial charge in [-0.1, -0.05) is 55.6 Å². The molecule has 0 bridgehead atoms. The number of amides is 1. The molecule has 1 aromatic carbocycles. The first-order chi connectivity index (χ1) is 19.7. The highest BCUT2D eigenvalue weighted by Gasteiger charge is 2.49. The van der Waals surface area contributed by atoms with E-state index < -0.39 is 59.9 Å². The molecule has 0 aliphatic carbocycles. The molecule has 1 saturated heterocycles. The van der Waals surface area contributed by atoms with Crippen LogP contribution in [0.2, 0.25) is 15.1 Å². The van der Waals surface area contributed by atoms with E-state index in [1.807, 2.05) is 0 Å². The number of ether oxygens (including phenoxy) is 4. The number of aromatic nitrogens is 2. The van der Waals surface area contributed by atoms with Crippen LogP contribution in [0.1, 0.15) is 39.5 Å². The Hall–Kier alpha value is -2.84. The standard InChI is InChI=1S/C26H32Cl3FN4O8/c1-6-12-9-34(26(38)33-23(12)36)24-17(30)21(42-25(37)18(31)10(2)3)15(41-24)8-32-22(35)11(4)40-20-14(28)7-13(27)19(39-5)16(20)29/h7,9-11,15,17-18,21,24H,6,8,31H2,1-5H3,(H,32,35)(H,33,36,38)/t11-,15+,17+,18-,21+,24-/m1/s1. The SMILES string of the molecule is CCc1cn([C@@H]2O[C@@H](CNC(=O)[C@@H](C)Oc3c(Cl)cc(Cl)c(OC)c3Cl)[C@H](OC(=O)[C@H](N)C(C)C)[C@@H]2F)c(=O)[nH]c1=O. The van der Waals surface area contributed by atoms with Crippen LogP contribution < -0.4 is 31.8 Å². The molecule has 12 nitrogen and oxygen atoms in total. The highest BCUT2D eigenvalue weighted by Crippen LogP contribution is 2.45. The Bertz CT molecular complexity index is 1440. The zero-order valence-corrected chi connectivity index (χ0v) is 25.7. The summed E-state index contributed by atoms with van der Waals surface area (Å²) < 4.78 is 38.7. The minimum atomic E-state index is -2.06. The first-order valence-electron chi connectivity index (χ1n) is 13.0. The number of benzene rings is 1. The van der Waals surface area contributed by atoms with Gasteiger partial charge in [0.2, 0.25) is 0 Å². The largest absolute Gasteiger partial charge is 0.493 e. The number of alkyl halides is 1. The van der Waals surface area contributed by atoms with Crippen molar-refractivity contribution in [3.63, 3.8) is 0 Å². The van der Waals surface area contributed by atoms with E-state index in [1.165, 1.54) is 26.3 Å². The molecule has 0 unspecified atom stereocenters. The Kier molecular flexibility index (Phi) is 11.3. The highest BCUT2D eigenvalue weighted by molar-refractivity contribution is 6.42. The van der Waals surface area contributed by atoms with Gasteiger partial charge in [0.15, 0.2) is 36.1 Å². The quantitative estimate of drug-likeness (QED) is 0.310. The van der Waals surface area contributed by atoms with E-state index >= 15 is 4.39 Å². The number of H-pyrrole nitrogens is 1. The van der Waals surface area contributed by atoms with E-state index in [-0.39, 0.29) is 51.0 Å². The fraction of sp³-hybridized carbons (Fsp3) is 0.538. The van der Waals surface area contributed by atoms with Crippen molar-refractivity contribution in [2.75, 3.05) is 13.7 Å². The molecule has 1 amide bonds. The number of carbonyl (C=O) groups is 2. The van der Waals surface area contributed by atoms with Crippen molar-refractivity contribution >= 4 is 46.7 Å². The van der Waals surface area contributed by atoms with Crippen LogP contribution in [-0.4, -0.2) is 65.6 Å². The van der Waals surface area contributed by atoms with Crippen molar-refractivity contribution < 1.29 is 32.9 Å². The van der Waals surface area contributed by atoms with Crippen LogP contribution in [0.3, 0.4) is 0 Å². The summed E-state index contributed by atoms with van der Waals surface area (Å²) in [5.41, 5.74) is 4.55. The van der Waals surface area contributed by atoms with Crippen LogP contribution in [-0.2, 0) is 25.5 Å². The van der Waals surface area contributed by atoms with Crippen molar-refractivity contribution in [2.24, 2.45) is 11.7 Å². The number of carbonyl (C=O) groups excluding carboxylic acids is 2. The molecule has 1 aromatic heterocycles. The molecule has 0 spiro atoms. The lowest BCUT2D eigenvalue weighted by molar-refractivity contribution is -0.156. The van der Waals surface area contributed by atoms with E-state index in [0.717, 1.165) is 4.57 Å². The molecule has 3 rings (SSSR count). The summed E-state index contributed by atoms with van der Waals surface area (Å²) in [5, 5.41) is 2.66. The molecule has 6 atom stereocenters. The molecule has 0 radical (unpaired) electrons. The minimum Gasteiger partial charge on any atom is -0.493 e. The van der Waals surface area contributed by atoms with Gasteiger partial charge >= 0.3 is 11.7 Å². The fourth-order valence-electron chi connectivity index (χ4n) is 4.10. The van der Waals surface area contributed by atoms with E-state index in [0.29, 0.717) is 0 Å². The number of methoxy groups -OCH3 is 1. The summed E-state index contributed by atoms with van der Waals surface area (Å²) >= 11 is 18.5. The van der Waals surface area contributed by atoms with Crippen molar-refractivity contribution in [3.05, 3.63) is 53.7 Å². The van der Waals surface area contributed by atoms with Crippen molar-refractivity contribution in [1.29, 1.82) is 0 Å². The van der Waals surface area contributed by atoms with Gasteiger partial charge < -0.3 is 30.0 Å². The lowest BCUT2D eigenvalue weighted by atomic mass is 10.1. The molecule has 1 aliphatic rings. The molecule has 1 fully saturated rings. The number of nitrogens with zero attached hydrogens (tertiary/aromatic N) is 1. The van der Waals surface area contributed by atoms with Gasteiger partial charge in [0.05, 0.1) is 17.2 Å². The maximum absolute atomic E-state index is 15.8. The van der Waals surface area contributed by atoms with Crippen molar-refractivity contribution in [1.82, 2.24) is 14.9 Å². The normalized spacial score (nSPS) is 21.6. The van der Waals surface area contributed by atoms with Crippen molar-refractivity contribution in [2.45, 2.75) is 70.9 Å². The van der Waals surface area contributed by atoms with Gasteiger partial charge in [0, 0.05) is 18.3 Å². The third-order valence-electron chi connectivity index (χ3n) is 6.64. The molecule has 2 heterocycles. The van der Waals surface area contributed by atoms with E-state index in [9.17, 15) is 19.2 Å². The number of aryl methyl sites for hydroxylation is 1. The van der Waals surface area contributed by atoms with Crippen LogP contribution in [0.15, 0.2) is 21.9 Å². The van der Waals surface area contributed by atoms with Crippen molar-refractivity contribution in [3.8, 4) is 11.5 Å². The number of nitrogens with one attached hydrogen (secondary N) is 2. The van der Waals surface area contributed by atoms with Crippen LogP contribution >= 0.6 is 34.8 Å². The molecule has 0 saturated carbocycles. The first-order valence-corrected chi connectivity index (χ1v) is 14.1. The molecular formula is C26H32Cl3FN4O8. The van der Waals surface area contributed by atoms with Crippen LogP contribution in [0.4, 0.5) is 4.39 Å². The molecule has 42 heavy (non-hydrogen) atoms.